The fraction of sp³-hybridized carbons (Fsp3) is 0.448. The van der Waals surface area contributed by atoms with Gasteiger partial charge in [0.15, 0.2) is 0 Å². The molecule has 3 aromatic rings. The molecular formula is C29H34F3N3O3. The van der Waals surface area contributed by atoms with Crippen LogP contribution in [0.1, 0.15) is 49.3 Å². The number of piperidine rings is 1. The number of aromatic nitrogens is 1. The standard InChI is InChI=1S/C29H34F3N3O3/c1-18-17-33-27-7-6-21(38-3)16-23(27)22(18)5-4-8-29(28(36)34-37)9-11-35(12-10-29)19(2)13-24-25(31)14-20(30)15-26(24)32/h6-7,14-17,19,37H,4-5,8-13H2,1-3H3,(H,34,36). The number of ether oxygens (including phenoxy) is 1. The van der Waals surface area contributed by atoms with E-state index in [-0.39, 0.29) is 18.0 Å². The molecular weight excluding hydrogens is 495 g/mol. The SMILES string of the molecule is COc1ccc2ncc(C)c(CCCC3(C(=O)NO)CCN(C(C)Cc4c(F)cc(F)cc4F)CC3)c2c1. The van der Waals surface area contributed by atoms with Gasteiger partial charge in [0.2, 0.25) is 5.91 Å². The van der Waals surface area contributed by atoms with Gasteiger partial charge in [-0.15, -0.1) is 0 Å². The van der Waals surface area contributed by atoms with Gasteiger partial charge in [-0.1, -0.05) is 0 Å². The summed E-state index contributed by atoms with van der Waals surface area (Å²) in [7, 11) is 1.63. The maximum atomic E-state index is 14.2. The van der Waals surface area contributed by atoms with E-state index >= 15 is 0 Å². The lowest BCUT2D eigenvalue weighted by atomic mass is 9.73. The molecule has 1 saturated heterocycles. The summed E-state index contributed by atoms with van der Waals surface area (Å²) < 4.78 is 47.0. The van der Waals surface area contributed by atoms with Crippen LogP contribution >= 0.6 is 0 Å². The number of pyridine rings is 1. The number of rotatable bonds is 9. The topological polar surface area (TPSA) is 74.7 Å². The van der Waals surface area contributed by atoms with Gasteiger partial charge in [0, 0.05) is 35.3 Å². The van der Waals surface area contributed by atoms with Gasteiger partial charge in [0.1, 0.15) is 23.2 Å². The number of nitrogens with zero attached hydrogens (tertiary/aromatic N) is 2. The van der Waals surface area contributed by atoms with Crippen molar-refractivity contribution in [2.75, 3.05) is 20.2 Å². The molecule has 0 spiro atoms. The molecule has 0 bridgehead atoms. The van der Waals surface area contributed by atoms with Crippen LogP contribution in [-0.2, 0) is 17.6 Å². The summed E-state index contributed by atoms with van der Waals surface area (Å²) in [6.07, 6.45) is 5.00. The maximum absolute atomic E-state index is 14.2. The van der Waals surface area contributed by atoms with E-state index in [0.717, 1.165) is 40.6 Å². The molecule has 1 unspecified atom stereocenters. The Morgan fingerprint density at radius 1 is 1.16 bits per heavy atom. The first-order valence-electron chi connectivity index (χ1n) is 12.9. The quantitative estimate of drug-likeness (QED) is 0.282. The van der Waals surface area contributed by atoms with Crippen molar-refractivity contribution in [2.45, 2.75) is 58.4 Å². The number of carbonyl (C=O) groups is 1. The third kappa shape index (κ3) is 5.78. The highest BCUT2D eigenvalue weighted by atomic mass is 19.1. The fourth-order valence-corrected chi connectivity index (χ4v) is 5.68. The van der Waals surface area contributed by atoms with Crippen molar-refractivity contribution in [3.05, 3.63) is 70.7 Å². The molecule has 2 heterocycles. The molecule has 1 atom stereocenters. The second-order valence-electron chi connectivity index (χ2n) is 10.3. The number of nitrogens with one attached hydrogen (secondary N) is 1. The van der Waals surface area contributed by atoms with Gasteiger partial charge < -0.3 is 9.64 Å². The van der Waals surface area contributed by atoms with Crippen molar-refractivity contribution in [3.63, 3.8) is 0 Å². The minimum absolute atomic E-state index is 0.0923. The van der Waals surface area contributed by atoms with Crippen LogP contribution < -0.4 is 10.2 Å². The number of aryl methyl sites for hydroxylation is 2. The van der Waals surface area contributed by atoms with E-state index in [1.54, 1.807) is 7.11 Å². The lowest BCUT2D eigenvalue weighted by Crippen LogP contribution is -2.50. The Labute approximate surface area is 220 Å². The number of hydrogen-bond donors (Lipinski definition) is 2. The molecule has 1 amide bonds. The molecule has 38 heavy (non-hydrogen) atoms. The van der Waals surface area contributed by atoms with Gasteiger partial charge in [-0.25, -0.2) is 18.7 Å². The van der Waals surface area contributed by atoms with Crippen LogP contribution in [0.2, 0.25) is 0 Å². The number of methoxy groups -OCH3 is 1. The van der Waals surface area contributed by atoms with Crippen molar-refractivity contribution in [1.82, 2.24) is 15.4 Å². The third-order valence-electron chi connectivity index (χ3n) is 8.05. The highest BCUT2D eigenvalue weighted by Gasteiger charge is 2.41. The molecule has 0 radical (unpaired) electrons. The average Bonchev–Trinajstić information content (AvgIpc) is 2.91. The molecule has 1 aliphatic rings. The van der Waals surface area contributed by atoms with Crippen molar-refractivity contribution < 1.29 is 27.9 Å². The van der Waals surface area contributed by atoms with E-state index in [1.165, 1.54) is 0 Å². The third-order valence-corrected chi connectivity index (χ3v) is 8.05. The first kappa shape index (κ1) is 27.9. The first-order valence-corrected chi connectivity index (χ1v) is 12.9. The number of carbonyl (C=O) groups excluding carboxylic acids is 1. The Balaban J connectivity index is 1.43. The van der Waals surface area contributed by atoms with Gasteiger partial charge >= 0.3 is 0 Å². The van der Waals surface area contributed by atoms with Gasteiger partial charge in [-0.05, 0) is 94.8 Å². The zero-order valence-corrected chi connectivity index (χ0v) is 22.0. The van der Waals surface area contributed by atoms with Crippen LogP contribution in [0.3, 0.4) is 0 Å². The Morgan fingerprint density at radius 3 is 2.47 bits per heavy atom. The van der Waals surface area contributed by atoms with Gasteiger partial charge in [-0.2, -0.15) is 0 Å². The Morgan fingerprint density at radius 2 is 1.84 bits per heavy atom. The molecule has 0 aliphatic carbocycles. The number of likely N-dealkylation sites (tertiary alicyclic amines) is 1. The molecule has 204 valence electrons. The number of benzene rings is 2. The summed E-state index contributed by atoms with van der Waals surface area (Å²) in [4.78, 5) is 19.4. The van der Waals surface area contributed by atoms with E-state index in [9.17, 15) is 23.2 Å². The largest absolute Gasteiger partial charge is 0.497 e. The van der Waals surface area contributed by atoms with Crippen LogP contribution in [0.4, 0.5) is 13.2 Å². The van der Waals surface area contributed by atoms with E-state index in [2.05, 4.69) is 9.88 Å². The van der Waals surface area contributed by atoms with Crippen molar-refractivity contribution >= 4 is 16.8 Å². The van der Waals surface area contributed by atoms with E-state index in [0.29, 0.717) is 44.5 Å². The zero-order valence-electron chi connectivity index (χ0n) is 22.0. The lowest BCUT2D eigenvalue weighted by molar-refractivity contribution is -0.143. The number of fused-ring (bicyclic) bond motifs is 1. The second kappa shape index (κ2) is 11.7. The minimum atomic E-state index is -0.941. The lowest BCUT2D eigenvalue weighted by Gasteiger charge is -2.42. The Hall–Kier alpha value is -3.17. The molecule has 1 aromatic heterocycles. The second-order valence-corrected chi connectivity index (χ2v) is 10.3. The van der Waals surface area contributed by atoms with Crippen molar-refractivity contribution in [2.24, 2.45) is 5.41 Å². The molecule has 6 nitrogen and oxygen atoms in total. The van der Waals surface area contributed by atoms with E-state index < -0.39 is 28.8 Å². The van der Waals surface area contributed by atoms with Crippen LogP contribution in [0, 0.1) is 29.8 Å². The number of halogens is 3. The van der Waals surface area contributed by atoms with E-state index in [1.807, 2.05) is 43.7 Å². The van der Waals surface area contributed by atoms with Crippen molar-refractivity contribution in [1.29, 1.82) is 0 Å². The predicted molar refractivity (Wildman–Crippen MR) is 139 cm³/mol. The molecule has 2 N–H and O–H groups in total. The van der Waals surface area contributed by atoms with Crippen LogP contribution in [-0.4, -0.2) is 47.2 Å². The maximum Gasteiger partial charge on any atom is 0.249 e. The number of hydroxylamine groups is 1. The molecule has 0 saturated carbocycles. The monoisotopic (exact) mass is 529 g/mol. The average molecular weight is 530 g/mol. The first-order chi connectivity index (χ1) is 18.2. The van der Waals surface area contributed by atoms with Crippen molar-refractivity contribution in [3.8, 4) is 5.75 Å². The van der Waals surface area contributed by atoms with Gasteiger partial charge in [0.05, 0.1) is 18.0 Å². The molecule has 1 aliphatic heterocycles. The van der Waals surface area contributed by atoms with Crippen LogP contribution in [0.15, 0.2) is 36.5 Å². The predicted octanol–water partition coefficient (Wildman–Crippen LogP) is 5.51. The zero-order chi connectivity index (χ0) is 27.4. The van der Waals surface area contributed by atoms with Gasteiger partial charge in [0.25, 0.3) is 0 Å². The van der Waals surface area contributed by atoms with Crippen LogP contribution in [0.25, 0.3) is 10.9 Å². The normalized spacial score (nSPS) is 16.4. The molecule has 2 aromatic carbocycles. The summed E-state index contributed by atoms with van der Waals surface area (Å²) in [6.45, 7) is 4.96. The summed E-state index contributed by atoms with van der Waals surface area (Å²) >= 11 is 0. The van der Waals surface area contributed by atoms with Crippen LogP contribution in [0.5, 0.6) is 5.75 Å². The van der Waals surface area contributed by atoms with E-state index in [4.69, 9.17) is 4.74 Å². The smallest absolute Gasteiger partial charge is 0.249 e. The summed E-state index contributed by atoms with van der Waals surface area (Å²) in [6, 6.07) is 6.97. The number of hydrogen-bond acceptors (Lipinski definition) is 5. The highest BCUT2D eigenvalue weighted by Crippen LogP contribution is 2.38. The Kier molecular flexibility index (Phi) is 8.57. The van der Waals surface area contributed by atoms with Gasteiger partial charge in [-0.3, -0.25) is 15.0 Å². The molecule has 9 heteroatoms. The minimum Gasteiger partial charge on any atom is -0.497 e. The summed E-state index contributed by atoms with van der Waals surface area (Å²) in [5, 5.41) is 10.5. The summed E-state index contributed by atoms with van der Waals surface area (Å²) in [5.74, 6) is -2.38. The molecule has 4 rings (SSSR count). The fourth-order valence-electron chi connectivity index (χ4n) is 5.68. The Bertz CT molecular complexity index is 1290. The number of amides is 1. The summed E-state index contributed by atoms with van der Waals surface area (Å²) in [5.41, 5.74) is 4.08. The molecule has 1 fully saturated rings. The highest BCUT2D eigenvalue weighted by molar-refractivity contribution is 5.84.